The maximum Gasteiger partial charge on any atom is 0.452 e. The van der Waals surface area contributed by atoms with E-state index >= 15 is 0 Å². The van der Waals surface area contributed by atoms with E-state index in [1.165, 1.54) is 19.6 Å². The van der Waals surface area contributed by atoms with Gasteiger partial charge in [0.25, 0.3) is 0 Å². The van der Waals surface area contributed by atoms with Gasteiger partial charge in [0.1, 0.15) is 5.78 Å². The summed E-state index contributed by atoms with van der Waals surface area (Å²) in [5, 5.41) is 0. The van der Waals surface area contributed by atoms with Crippen LogP contribution in [0.1, 0.15) is 90.6 Å². The van der Waals surface area contributed by atoms with Crippen LogP contribution in [0.2, 0.25) is 0 Å². The summed E-state index contributed by atoms with van der Waals surface area (Å²) >= 11 is 0. The first-order valence-electron chi connectivity index (χ1n) is 11.8. The van der Waals surface area contributed by atoms with Gasteiger partial charge in [-0.05, 0) is 55.1 Å². The lowest BCUT2D eigenvalue weighted by molar-refractivity contribution is -0.153. The molecule has 35 heavy (non-hydrogen) atoms. The second kappa shape index (κ2) is 11.6. The summed E-state index contributed by atoms with van der Waals surface area (Å²) in [6.45, 7) is 1.25. The molecule has 0 atom stereocenters. The first-order chi connectivity index (χ1) is 16.6. The molecule has 1 fully saturated rings. The van der Waals surface area contributed by atoms with Crippen molar-refractivity contribution in [3.63, 3.8) is 0 Å². The van der Waals surface area contributed by atoms with Gasteiger partial charge in [-0.15, -0.1) is 0 Å². The van der Waals surface area contributed by atoms with Gasteiger partial charge >= 0.3 is 12.1 Å². The van der Waals surface area contributed by atoms with Crippen LogP contribution >= 0.6 is 0 Å². The zero-order chi connectivity index (χ0) is 25.6. The third kappa shape index (κ3) is 7.50. The minimum Gasteiger partial charge on any atom is -0.469 e. The number of carbonyl (C=O) groups excluding carboxylic acids is 3. The molecular formula is C26H30F3NO5. The third-order valence-corrected chi connectivity index (χ3v) is 6.50. The first-order valence-corrected chi connectivity index (χ1v) is 11.8. The Kier molecular flexibility index (Phi) is 8.86. The van der Waals surface area contributed by atoms with Gasteiger partial charge in [-0.25, -0.2) is 4.98 Å². The van der Waals surface area contributed by atoms with Crippen LogP contribution in [0.15, 0.2) is 28.7 Å². The summed E-state index contributed by atoms with van der Waals surface area (Å²) in [7, 11) is 1.41. The van der Waals surface area contributed by atoms with Crippen molar-refractivity contribution in [2.45, 2.75) is 76.8 Å². The second-order valence-electron chi connectivity index (χ2n) is 9.14. The number of ketones is 2. The number of oxazole rings is 1. The Morgan fingerprint density at radius 1 is 1.06 bits per heavy atom. The van der Waals surface area contributed by atoms with Crippen LogP contribution < -0.4 is 0 Å². The number of nitrogens with zero attached hydrogens (tertiary/aromatic N) is 1. The van der Waals surface area contributed by atoms with E-state index in [9.17, 15) is 27.6 Å². The first kappa shape index (κ1) is 26.6. The molecule has 0 spiro atoms. The van der Waals surface area contributed by atoms with Crippen LogP contribution in [0.5, 0.6) is 0 Å². The fourth-order valence-corrected chi connectivity index (χ4v) is 4.62. The van der Waals surface area contributed by atoms with Crippen LogP contribution in [0.3, 0.4) is 0 Å². The molecule has 190 valence electrons. The number of hydrogen-bond donors (Lipinski definition) is 0. The van der Waals surface area contributed by atoms with E-state index in [1.54, 1.807) is 0 Å². The Morgan fingerprint density at radius 2 is 1.71 bits per heavy atom. The molecule has 0 unspecified atom stereocenters. The van der Waals surface area contributed by atoms with Crippen molar-refractivity contribution in [1.29, 1.82) is 0 Å². The van der Waals surface area contributed by atoms with Crippen molar-refractivity contribution in [3.8, 4) is 0 Å². The highest BCUT2D eigenvalue weighted by molar-refractivity contribution is 5.95. The van der Waals surface area contributed by atoms with Gasteiger partial charge in [0.2, 0.25) is 5.76 Å². The standard InChI is InChI=1S/C26H30F3NO5/c1-16-30-24(25(35-16)26(27,28)29)22(32)5-3-4-21(31)14-17-6-10-19(11-7-17)20-12-8-18(9-13-20)15-23(33)34-2/h6-7,10-11,18,20H,3-5,8-9,12-15H2,1-2H3. The molecule has 1 aromatic carbocycles. The Labute approximate surface area is 202 Å². The normalized spacial score (nSPS) is 18.3. The fraction of sp³-hybridized carbons (Fsp3) is 0.538. The number of alkyl halides is 3. The van der Waals surface area contributed by atoms with Crippen molar-refractivity contribution in [3.05, 3.63) is 52.7 Å². The van der Waals surface area contributed by atoms with Crippen molar-refractivity contribution < 1.29 is 36.7 Å². The Balaban J connectivity index is 1.43. The fourth-order valence-electron chi connectivity index (χ4n) is 4.62. The van der Waals surface area contributed by atoms with Gasteiger partial charge in [0.15, 0.2) is 17.4 Å². The average molecular weight is 494 g/mol. The molecule has 1 aliphatic carbocycles. The van der Waals surface area contributed by atoms with E-state index in [0.717, 1.165) is 31.2 Å². The number of aryl methyl sites for hydroxylation is 1. The molecule has 1 saturated carbocycles. The Hall–Kier alpha value is -2.97. The number of benzene rings is 1. The number of carbonyl (C=O) groups is 3. The molecule has 0 radical (unpaired) electrons. The molecule has 0 N–H and O–H groups in total. The van der Waals surface area contributed by atoms with Crippen LogP contribution in [0.25, 0.3) is 0 Å². The summed E-state index contributed by atoms with van der Waals surface area (Å²) in [5.41, 5.74) is 1.35. The highest BCUT2D eigenvalue weighted by Crippen LogP contribution is 2.37. The molecule has 2 aromatic rings. The summed E-state index contributed by atoms with van der Waals surface area (Å²) in [6, 6.07) is 7.91. The molecule has 9 heteroatoms. The Bertz CT molecular complexity index is 1030. The van der Waals surface area contributed by atoms with E-state index in [0.29, 0.717) is 18.3 Å². The Morgan fingerprint density at radius 3 is 2.31 bits per heavy atom. The minimum absolute atomic E-state index is 0.0822. The van der Waals surface area contributed by atoms with Gasteiger partial charge in [-0.2, -0.15) is 13.2 Å². The number of ether oxygens (including phenoxy) is 1. The molecule has 0 amide bonds. The van der Waals surface area contributed by atoms with E-state index < -0.39 is 23.4 Å². The van der Waals surface area contributed by atoms with Crippen molar-refractivity contribution in [1.82, 2.24) is 4.98 Å². The van der Waals surface area contributed by atoms with Gasteiger partial charge in [-0.3, -0.25) is 14.4 Å². The quantitative estimate of drug-likeness (QED) is 0.298. The van der Waals surface area contributed by atoms with Crippen LogP contribution in [0, 0.1) is 12.8 Å². The van der Waals surface area contributed by atoms with E-state index in [-0.39, 0.29) is 43.3 Å². The number of rotatable bonds is 10. The highest BCUT2D eigenvalue weighted by atomic mass is 19.4. The molecule has 6 nitrogen and oxygen atoms in total. The van der Waals surface area contributed by atoms with Crippen LogP contribution in [-0.2, 0) is 26.9 Å². The van der Waals surface area contributed by atoms with E-state index in [4.69, 9.17) is 4.74 Å². The van der Waals surface area contributed by atoms with Gasteiger partial charge < -0.3 is 9.15 Å². The number of esters is 1. The summed E-state index contributed by atoms with van der Waals surface area (Å²) in [6.07, 6.45) is -0.105. The lowest BCUT2D eigenvalue weighted by Gasteiger charge is -2.28. The molecule has 3 rings (SSSR count). The maximum atomic E-state index is 13.0. The highest BCUT2D eigenvalue weighted by Gasteiger charge is 2.41. The molecule has 1 aliphatic rings. The number of Topliss-reactive ketones (excluding diaryl/α,β-unsaturated/α-hetero) is 2. The molecule has 0 aliphatic heterocycles. The summed E-state index contributed by atoms with van der Waals surface area (Å²) in [5.74, 6) is -1.84. The molecule has 0 saturated heterocycles. The third-order valence-electron chi connectivity index (χ3n) is 6.50. The van der Waals surface area contributed by atoms with E-state index in [1.807, 2.05) is 24.3 Å². The van der Waals surface area contributed by atoms with Crippen molar-refractivity contribution in [2.24, 2.45) is 5.92 Å². The van der Waals surface area contributed by atoms with Crippen molar-refractivity contribution >= 4 is 17.5 Å². The molecule has 1 aromatic heterocycles. The zero-order valence-electron chi connectivity index (χ0n) is 20.0. The SMILES string of the molecule is COC(=O)CC1CCC(c2ccc(CC(=O)CCCC(=O)c3nc(C)oc3C(F)(F)F)cc2)CC1. The lowest BCUT2D eigenvalue weighted by atomic mass is 9.77. The topological polar surface area (TPSA) is 86.5 Å². The summed E-state index contributed by atoms with van der Waals surface area (Å²) < 4.78 is 48.2. The van der Waals surface area contributed by atoms with Gasteiger partial charge in [0.05, 0.1) is 7.11 Å². The zero-order valence-corrected chi connectivity index (χ0v) is 20.0. The average Bonchev–Trinajstić information content (AvgIpc) is 3.22. The maximum absolute atomic E-state index is 13.0. The molecule has 0 bridgehead atoms. The molecular weight excluding hydrogens is 463 g/mol. The predicted octanol–water partition coefficient (Wildman–Crippen LogP) is 6.00. The van der Waals surface area contributed by atoms with Crippen LogP contribution in [-0.4, -0.2) is 29.6 Å². The number of methoxy groups -OCH3 is 1. The smallest absolute Gasteiger partial charge is 0.452 e. The minimum atomic E-state index is -4.80. The van der Waals surface area contributed by atoms with Gasteiger partial charge in [-0.1, -0.05) is 24.3 Å². The van der Waals surface area contributed by atoms with Crippen molar-refractivity contribution in [2.75, 3.05) is 7.11 Å². The monoisotopic (exact) mass is 493 g/mol. The summed E-state index contributed by atoms with van der Waals surface area (Å²) in [4.78, 5) is 39.5. The second-order valence-corrected chi connectivity index (χ2v) is 9.14. The number of aromatic nitrogens is 1. The van der Waals surface area contributed by atoms with E-state index in [2.05, 4.69) is 9.40 Å². The van der Waals surface area contributed by atoms with Gasteiger partial charge in [0, 0.05) is 32.6 Å². The number of halogens is 3. The largest absolute Gasteiger partial charge is 0.469 e. The lowest BCUT2D eigenvalue weighted by Crippen LogP contribution is -2.17. The predicted molar refractivity (Wildman–Crippen MR) is 121 cm³/mol. The molecule has 1 heterocycles. The van der Waals surface area contributed by atoms with Crippen LogP contribution in [0.4, 0.5) is 13.2 Å². The number of hydrogen-bond acceptors (Lipinski definition) is 6.